The summed E-state index contributed by atoms with van der Waals surface area (Å²) in [6.07, 6.45) is 0.575. The number of nitrogens with one attached hydrogen (secondary N) is 1. The molecule has 2 atom stereocenters. The Morgan fingerprint density at radius 1 is 1.05 bits per heavy atom. The molecule has 4 rings (SSSR count). The molecule has 2 amide bonds. The van der Waals surface area contributed by atoms with Crippen LogP contribution in [0.3, 0.4) is 0 Å². The number of hydrogen-bond donors (Lipinski definition) is 1. The number of esters is 1. The quantitative estimate of drug-likeness (QED) is 0.390. The molecule has 0 saturated carbocycles. The normalized spacial score (nSPS) is 19.3. The van der Waals surface area contributed by atoms with Gasteiger partial charge < -0.3 is 19.7 Å². The van der Waals surface area contributed by atoms with Crippen LogP contribution in [0.5, 0.6) is 0 Å². The van der Waals surface area contributed by atoms with E-state index in [9.17, 15) is 14.4 Å². The van der Waals surface area contributed by atoms with Crippen LogP contribution >= 0.6 is 11.8 Å². The second-order valence-electron chi connectivity index (χ2n) is 10.7. The highest BCUT2D eigenvalue weighted by atomic mass is 32.2. The lowest BCUT2D eigenvalue weighted by molar-refractivity contribution is -0.153. The summed E-state index contributed by atoms with van der Waals surface area (Å²) in [5.74, 6) is -0.507. The molecule has 0 aromatic heterocycles. The van der Waals surface area contributed by atoms with Crippen LogP contribution in [0, 0.1) is 0 Å². The second-order valence-corrected chi connectivity index (χ2v) is 11.8. The molecule has 2 unspecified atom stereocenters. The first-order chi connectivity index (χ1) is 18.5. The molecule has 206 valence electrons. The predicted octanol–water partition coefficient (Wildman–Crippen LogP) is 4.85. The zero-order valence-corrected chi connectivity index (χ0v) is 24.0. The van der Waals surface area contributed by atoms with Crippen LogP contribution in [0.15, 0.2) is 83.7 Å². The largest absolute Gasteiger partial charge is 0.448 e. The summed E-state index contributed by atoms with van der Waals surface area (Å²) in [4.78, 5) is 43.1. The summed E-state index contributed by atoms with van der Waals surface area (Å²) in [5.41, 5.74) is 2.76. The minimum atomic E-state index is -0.799. The van der Waals surface area contributed by atoms with E-state index < -0.39 is 35.2 Å². The van der Waals surface area contributed by atoms with Gasteiger partial charge in [0.25, 0.3) is 5.91 Å². The zero-order chi connectivity index (χ0) is 28.3. The van der Waals surface area contributed by atoms with Gasteiger partial charge >= 0.3 is 12.1 Å². The molecule has 8 nitrogen and oxygen atoms in total. The number of thioether (sulfide) groups is 1. The summed E-state index contributed by atoms with van der Waals surface area (Å²) in [5, 5.41) is 2.23. The first-order valence-corrected chi connectivity index (χ1v) is 13.8. The van der Waals surface area contributed by atoms with Crippen LogP contribution in [0.1, 0.15) is 44.9 Å². The van der Waals surface area contributed by atoms with E-state index in [2.05, 4.69) is 5.32 Å². The average molecular weight is 550 g/mol. The number of β-lactam (4-membered cyclic amide) rings is 1. The van der Waals surface area contributed by atoms with E-state index in [1.165, 1.54) is 16.7 Å². The number of alkyl carbamates (subject to hydrolysis) is 1. The van der Waals surface area contributed by atoms with Crippen LogP contribution in [0.2, 0.25) is 0 Å². The van der Waals surface area contributed by atoms with Crippen molar-refractivity contribution in [3.63, 3.8) is 0 Å². The number of benzene rings is 2. The smallest absolute Gasteiger partial charge is 0.408 e. The standard InChI is InChI=1S/C30H35N3O5S/c1-19(32(5)6)17-22-18-39-27-23(31-29(36)38-30(2,3)4)26(34)33(27)24(22)28(35)37-25(20-13-9-7-10-14-20)21-15-11-8-12-16-21/h7-17,23,25,27H,18H2,1-6H3,(H,31,36). The zero-order valence-electron chi connectivity index (χ0n) is 23.1. The third-order valence-electron chi connectivity index (χ3n) is 6.38. The number of amides is 2. The number of ether oxygens (including phenoxy) is 2. The van der Waals surface area contributed by atoms with E-state index in [-0.39, 0.29) is 11.6 Å². The minimum absolute atomic E-state index is 0.198. The molecule has 2 aliphatic heterocycles. The summed E-state index contributed by atoms with van der Waals surface area (Å²) in [7, 11) is 3.83. The molecule has 0 radical (unpaired) electrons. The van der Waals surface area contributed by atoms with Crippen molar-refractivity contribution in [2.24, 2.45) is 0 Å². The van der Waals surface area contributed by atoms with Crippen LogP contribution in [0.4, 0.5) is 4.79 Å². The fraction of sp³-hybridized carbons (Fsp3) is 0.367. The third kappa shape index (κ3) is 6.47. The number of carbonyl (C=O) groups excluding carboxylic acids is 3. The third-order valence-corrected chi connectivity index (χ3v) is 7.68. The molecular formula is C30H35N3O5S. The monoisotopic (exact) mass is 549 g/mol. The lowest BCUT2D eigenvalue weighted by Crippen LogP contribution is -2.70. The SMILES string of the molecule is CC(=CC1=C(C(=O)OC(c2ccccc2)c2ccccc2)N2C(=O)C(NC(=O)OC(C)(C)C)C2SC1)N(C)C. The van der Waals surface area contributed by atoms with Crippen LogP contribution in [-0.2, 0) is 19.1 Å². The van der Waals surface area contributed by atoms with E-state index >= 15 is 0 Å². The van der Waals surface area contributed by atoms with E-state index in [0.29, 0.717) is 11.3 Å². The van der Waals surface area contributed by atoms with E-state index in [1.54, 1.807) is 20.8 Å². The fourth-order valence-electron chi connectivity index (χ4n) is 4.31. The highest BCUT2D eigenvalue weighted by Gasteiger charge is 2.55. The van der Waals surface area contributed by atoms with Gasteiger partial charge in [0.2, 0.25) is 0 Å². The van der Waals surface area contributed by atoms with Gasteiger partial charge in [0.1, 0.15) is 22.7 Å². The number of fused-ring (bicyclic) bond motifs is 1. The first kappa shape index (κ1) is 28.3. The van der Waals surface area contributed by atoms with Crippen molar-refractivity contribution >= 4 is 29.7 Å². The summed E-state index contributed by atoms with van der Waals surface area (Å²) in [6, 6.07) is 18.2. The molecule has 39 heavy (non-hydrogen) atoms. The van der Waals surface area contributed by atoms with Gasteiger partial charge in [0.05, 0.1) is 0 Å². The number of nitrogens with zero attached hydrogens (tertiary/aromatic N) is 2. The van der Waals surface area contributed by atoms with Crippen molar-refractivity contribution in [1.29, 1.82) is 0 Å². The topological polar surface area (TPSA) is 88.2 Å². The number of rotatable bonds is 7. The lowest BCUT2D eigenvalue weighted by Gasteiger charge is -2.49. The Morgan fingerprint density at radius 2 is 1.62 bits per heavy atom. The number of hydrogen-bond acceptors (Lipinski definition) is 7. The molecule has 2 aromatic rings. The molecule has 1 saturated heterocycles. The van der Waals surface area contributed by atoms with Crippen molar-refractivity contribution in [2.75, 3.05) is 19.8 Å². The van der Waals surface area contributed by atoms with Crippen LogP contribution < -0.4 is 5.32 Å². The molecule has 1 fully saturated rings. The van der Waals surface area contributed by atoms with E-state index in [0.717, 1.165) is 16.8 Å². The summed E-state index contributed by atoms with van der Waals surface area (Å²) < 4.78 is 11.5. The lowest BCUT2D eigenvalue weighted by atomic mass is 10.0. The van der Waals surface area contributed by atoms with Gasteiger partial charge in [-0.2, -0.15) is 0 Å². The highest BCUT2D eigenvalue weighted by molar-refractivity contribution is 8.00. The molecule has 2 heterocycles. The van der Waals surface area contributed by atoms with E-state index in [1.807, 2.05) is 92.7 Å². The van der Waals surface area contributed by atoms with Crippen molar-refractivity contribution in [3.05, 3.63) is 94.8 Å². The molecule has 9 heteroatoms. The Morgan fingerprint density at radius 3 is 2.13 bits per heavy atom. The molecule has 2 aromatic carbocycles. The summed E-state index contributed by atoms with van der Waals surface area (Å²) in [6.45, 7) is 7.22. The Balaban J connectivity index is 1.67. The Bertz CT molecular complexity index is 1250. The Hall–Kier alpha value is -3.72. The maximum absolute atomic E-state index is 13.9. The molecular weight excluding hydrogens is 514 g/mol. The maximum atomic E-state index is 13.9. The van der Waals surface area contributed by atoms with Gasteiger partial charge in [-0.05, 0) is 50.5 Å². The number of allylic oxidation sites excluding steroid dienone is 2. The second kappa shape index (κ2) is 11.6. The van der Waals surface area contributed by atoms with Crippen molar-refractivity contribution in [3.8, 4) is 0 Å². The molecule has 1 N–H and O–H groups in total. The van der Waals surface area contributed by atoms with Crippen molar-refractivity contribution < 1.29 is 23.9 Å². The predicted molar refractivity (Wildman–Crippen MR) is 152 cm³/mol. The highest BCUT2D eigenvalue weighted by Crippen LogP contribution is 2.42. The van der Waals surface area contributed by atoms with Gasteiger partial charge in [-0.15, -0.1) is 11.8 Å². The Kier molecular flexibility index (Phi) is 8.39. The van der Waals surface area contributed by atoms with Gasteiger partial charge in [-0.25, -0.2) is 9.59 Å². The van der Waals surface area contributed by atoms with E-state index in [4.69, 9.17) is 9.47 Å². The van der Waals surface area contributed by atoms with Crippen molar-refractivity contribution in [1.82, 2.24) is 15.1 Å². The molecule has 2 aliphatic rings. The van der Waals surface area contributed by atoms with Crippen LogP contribution in [0.25, 0.3) is 0 Å². The average Bonchev–Trinajstić information content (AvgIpc) is 2.89. The minimum Gasteiger partial charge on any atom is -0.448 e. The van der Waals surface area contributed by atoms with Crippen molar-refractivity contribution in [2.45, 2.75) is 50.8 Å². The molecule has 0 spiro atoms. The molecule has 0 aliphatic carbocycles. The fourth-order valence-corrected chi connectivity index (χ4v) is 5.61. The first-order valence-electron chi connectivity index (χ1n) is 12.8. The van der Waals surface area contributed by atoms with Gasteiger partial charge in [0.15, 0.2) is 6.10 Å². The van der Waals surface area contributed by atoms with Crippen LogP contribution in [-0.4, -0.2) is 64.6 Å². The molecule has 0 bridgehead atoms. The van der Waals surface area contributed by atoms with Gasteiger partial charge in [-0.3, -0.25) is 9.69 Å². The number of carbonyl (C=O) groups is 3. The maximum Gasteiger partial charge on any atom is 0.408 e. The summed E-state index contributed by atoms with van der Waals surface area (Å²) >= 11 is 1.49. The van der Waals surface area contributed by atoms with Gasteiger partial charge in [-0.1, -0.05) is 60.7 Å². The van der Waals surface area contributed by atoms with Gasteiger partial charge in [0, 0.05) is 25.5 Å². The Labute approximate surface area is 234 Å².